The van der Waals surface area contributed by atoms with Gasteiger partial charge >= 0.3 is 0 Å². The Bertz CT molecular complexity index is 1200. The molecule has 3 rings (SSSR count). The standard InChI is InChI=1S/C32H43N3O2Si/c1-10-37-38(8,9)19-13-18-36-28-20-29(26(6)33-31-22(2)14-11-15-23(31)3)35-30(21-28)27(7)34-32-24(4)16-12-17-25(32)5/h11-12,14-17,20-21H,10,13,18-19H2,1-9H3. The summed E-state index contributed by atoms with van der Waals surface area (Å²) < 4.78 is 12.2. The Morgan fingerprint density at radius 3 is 1.66 bits per heavy atom. The lowest BCUT2D eigenvalue weighted by atomic mass is 10.1. The van der Waals surface area contributed by atoms with E-state index in [0.29, 0.717) is 6.61 Å². The van der Waals surface area contributed by atoms with Gasteiger partial charge in [0.2, 0.25) is 0 Å². The number of hydrogen-bond donors (Lipinski definition) is 0. The van der Waals surface area contributed by atoms with Gasteiger partial charge in [-0.1, -0.05) is 36.4 Å². The van der Waals surface area contributed by atoms with E-state index in [0.717, 1.165) is 81.3 Å². The summed E-state index contributed by atoms with van der Waals surface area (Å²) >= 11 is 0. The molecule has 0 unspecified atom stereocenters. The molecule has 0 saturated carbocycles. The van der Waals surface area contributed by atoms with Crippen LogP contribution in [0.1, 0.15) is 60.8 Å². The summed E-state index contributed by atoms with van der Waals surface area (Å²) in [5.41, 5.74) is 9.83. The molecule has 0 spiro atoms. The van der Waals surface area contributed by atoms with E-state index in [-0.39, 0.29) is 0 Å². The summed E-state index contributed by atoms with van der Waals surface area (Å²) in [5.74, 6) is 0.785. The number of ether oxygens (including phenoxy) is 1. The molecule has 0 fully saturated rings. The fraction of sp³-hybridized carbons (Fsp3) is 0.406. The van der Waals surface area contributed by atoms with Crippen LogP contribution in [-0.2, 0) is 4.43 Å². The first-order chi connectivity index (χ1) is 18.0. The zero-order valence-electron chi connectivity index (χ0n) is 24.6. The number of hydrogen-bond acceptors (Lipinski definition) is 5. The molecule has 0 saturated heterocycles. The molecule has 0 bridgehead atoms. The molecule has 202 valence electrons. The van der Waals surface area contributed by atoms with Gasteiger partial charge in [0.15, 0.2) is 8.32 Å². The largest absolute Gasteiger partial charge is 0.493 e. The normalized spacial score (nSPS) is 12.7. The van der Waals surface area contributed by atoms with Crippen molar-refractivity contribution in [2.24, 2.45) is 9.98 Å². The number of aliphatic imine (C=N–C) groups is 2. The zero-order valence-corrected chi connectivity index (χ0v) is 25.6. The Hall–Kier alpha value is -3.09. The average Bonchev–Trinajstić information content (AvgIpc) is 2.86. The Kier molecular flexibility index (Phi) is 10.2. The highest BCUT2D eigenvalue weighted by molar-refractivity contribution is 6.71. The van der Waals surface area contributed by atoms with Gasteiger partial charge in [0.05, 0.1) is 40.8 Å². The molecular formula is C32H43N3O2Si. The quantitative estimate of drug-likeness (QED) is 0.142. The number of aromatic nitrogens is 1. The lowest BCUT2D eigenvalue weighted by Crippen LogP contribution is -2.30. The Labute approximate surface area is 230 Å². The number of rotatable bonds is 11. The van der Waals surface area contributed by atoms with Gasteiger partial charge in [0.25, 0.3) is 0 Å². The molecule has 0 atom stereocenters. The zero-order chi connectivity index (χ0) is 27.9. The maximum atomic E-state index is 6.27. The second kappa shape index (κ2) is 13.1. The van der Waals surface area contributed by atoms with Crippen LogP contribution in [0.5, 0.6) is 5.75 Å². The van der Waals surface area contributed by atoms with Crippen molar-refractivity contribution in [1.29, 1.82) is 0 Å². The number of aryl methyl sites for hydroxylation is 4. The monoisotopic (exact) mass is 529 g/mol. The lowest BCUT2D eigenvalue weighted by Gasteiger charge is -2.21. The minimum Gasteiger partial charge on any atom is -0.493 e. The van der Waals surface area contributed by atoms with Crippen molar-refractivity contribution in [3.05, 3.63) is 82.2 Å². The first kappa shape index (κ1) is 29.5. The molecule has 3 aromatic rings. The molecule has 0 aliphatic heterocycles. The number of benzene rings is 2. The Balaban J connectivity index is 1.97. The molecule has 6 heteroatoms. The van der Waals surface area contributed by atoms with Gasteiger partial charge in [-0.25, -0.2) is 4.98 Å². The minimum absolute atomic E-state index is 0.632. The van der Waals surface area contributed by atoms with Gasteiger partial charge in [-0.2, -0.15) is 0 Å². The van der Waals surface area contributed by atoms with Crippen LogP contribution < -0.4 is 4.74 Å². The first-order valence-corrected chi connectivity index (χ1v) is 16.6. The summed E-state index contributed by atoms with van der Waals surface area (Å²) in [6.07, 6.45) is 0.956. The highest BCUT2D eigenvalue weighted by atomic mass is 28.4. The molecule has 0 N–H and O–H groups in total. The van der Waals surface area contributed by atoms with Gasteiger partial charge in [0.1, 0.15) is 5.75 Å². The SMILES string of the molecule is CCO[Si](C)(C)CCCOc1cc(C(C)=Nc2c(C)cccc2C)nc(C(C)=Nc2c(C)cccc2C)c1. The fourth-order valence-electron chi connectivity index (χ4n) is 4.52. The molecule has 0 aliphatic rings. The van der Waals surface area contributed by atoms with E-state index >= 15 is 0 Å². The van der Waals surface area contributed by atoms with Crippen molar-refractivity contribution >= 4 is 31.1 Å². The van der Waals surface area contributed by atoms with Crippen LogP contribution in [-0.4, -0.2) is 37.9 Å². The van der Waals surface area contributed by atoms with E-state index < -0.39 is 8.32 Å². The molecule has 1 heterocycles. The van der Waals surface area contributed by atoms with Crippen molar-refractivity contribution < 1.29 is 9.16 Å². The predicted molar refractivity (Wildman–Crippen MR) is 164 cm³/mol. The number of para-hydroxylation sites is 2. The van der Waals surface area contributed by atoms with Gasteiger partial charge in [-0.3, -0.25) is 9.98 Å². The molecule has 0 amide bonds. The van der Waals surface area contributed by atoms with Crippen LogP contribution in [0.3, 0.4) is 0 Å². The topological polar surface area (TPSA) is 56.1 Å². The molecule has 1 aromatic heterocycles. The maximum absolute atomic E-state index is 6.27. The van der Waals surface area contributed by atoms with E-state index in [1.54, 1.807) is 0 Å². The summed E-state index contributed by atoms with van der Waals surface area (Å²) in [7, 11) is -1.64. The van der Waals surface area contributed by atoms with E-state index in [1.165, 1.54) is 0 Å². The summed E-state index contributed by atoms with van der Waals surface area (Å²) in [6, 6.07) is 17.5. The van der Waals surface area contributed by atoms with Crippen LogP contribution in [0.15, 0.2) is 58.5 Å². The molecule has 0 aliphatic carbocycles. The van der Waals surface area contributed by atoms with Crippen LogP contribution in [0.25, 0.3) is 0 Å². The van der Waals surface area contributed by atoms with Crippen LogP contribution >= 0.6 is 0 Å². The first-order valence-electron chi connectivity index (χ1n) is 13.5. The lowest BCUT2D eigenvalue weighted by molar-refractivity contribution is 0.301. The molecule has 38 heavy (non-hydrogen) atoms. The molecular weight excluding hydrogens is 486 g/mol. The van der Waals surface area contributed by atoms with Crippen LogP contribution in [0, 0.1) is 27.7 Å². The molecule has 5 nitrogen and oxygen atoms in total. The minimum atomic E-state index is -1.64. The van der Waals surface area contributed by atoms with E-state index in [1.807, 2.05) is 26.0 Å². The molecule has 0 radical (unpaired) electrons. The maximum Gasteiger partial charge on any atom is 0.186 e. The van der Waals surface area contributed by atoms with Crippen molar-refractivity contribution in [1.82, 2.24) is 4.98 Å². The van der Waals surface area contributed by atoms with Gasteiger partial charge in [-0.05, 0) is 96.3 Å². The number of nitrogens with zero attached hydrogens (tertiary/aromatic N) is 3. The average molecular weight is 530 g/mol. The van der Waals surface area contributed by atoms with Crippen LogP contribution in [0.4, 0.5) is 11.4 Å². The van der Waals surface area contributed by atoms with Gasteiger partial charge in [0, 0.05) is 18.7 Å². The van der Waals surface area contributed by atoms with E-state index in [2.05, 4.69) is 84.1 Å². The summed E-state index contributed by atoms with van der Waals surface area (Å²) in [4.78, 5) is 14.9. The van der Waals surface area contributed by atoms with E-state index in [9.17, 15) is 0 Å². The van der Waals surface area contributed by atoms with Gasteiger partial charge in [-0.15, -0.1) is 0 Å². The fourth-order valence-corrected chi connectivity index (χ4v) is 6.45. The van der Waals surface area contributed by atoms with Crippen molar-refractivity contribution in [2.45, 2.75) is 74.0 Å². The third kappa shape index (κ3) is 7.95. The van der Waals surface area contributed by atoms with Crippen molar-refractivity contribution in [3.63, 3.8) is 0 Å². The second-order valence-corrected chi connectivity index (χ2v) is 14.9. The Morgan fingerprint density at radius 1 is 0.789 bits per heavy atom. The summed E-state index contributed by atoms with van der Waals surface area (Å²) in [6.45, 7) is 20.4. The molecule has 2 aromatic carbocycles. The second-order valence-electron chi connectivity index (χ2n) is 10.6. The number of pyridine rings is 1. The summed E-state index contributed by atoms with van der Waals surface area (Å²) in [5, 5.41) is 0. The highest BCUT2D eigenvalue weighted by Gasteiger charge is 2.21. The smallest absolute Gasteiger partial charge is 0.186 e. The van der Waals surface area contributed by atoms with Crippen molar-refractivity contribution in [3.8, 4) is 5.75 Å². The Morgan fingerprint density at radius 2 is 1.24 bits per heavy atom. The third-order valence-electron chi connectivity index (χ3n) is 6.71. The third-order valence-corrected chi connectivity index (χ3v) is 9.33. The van der Waals surface area contributed by atoms with E-state index in [4.69, 9.17) is 24.1 Å². The highest BCUT2D eigenvalue weighted by Crippen LogP contribution is 2.27. The van der Waals surface area contributed by atoms with Gasteiger partial charge < -0.3 is 9.16 Å². The van der Waals surface area contributed by atoms with Crippen molar-refractivity contribution in [2.75, 3.05) is 13.2 Å². The van der Waals surface area contributed by atoms with Crippen LogP contribution in [0.2, 0.25) is 19.1 Å². The predicted octanol–water partition coefficient (Wildman–Crippen LogP) is 8.61.